The third-order valence-corrected chi connectivity index (χ3v) is 6.02. The van der Waals surface area contributed by atoms with E-state index in [1.807, 2.05) is 42.5 Å². The number of hydrogen-bond donors (Lipinski definition) is 2. The molecule has 28 heavy (non-hydrogen) atoms. The number of para-hydroxylation sites is 1. The quantitative estimate of drug-likeness (QED) is 0.809. The van der Waals surface area contributed by atoms with E-state index in [0.29, 0.717) is 12.1 Å². The van der Waals surface area contributed by atoms with Crippen LogP contribution in [0.5, 0.6) is 5.75 Å². The summed E-state index contributed by atoms with van der Waals surface area (Å²) >= 11 is 0. The molecular formula is C23H29N3O2. The predicted molar refractivity (Wildman–Crippen MR) is 112 cm³/mol. The second kappa shape index (κ2) is 8.65. The first-order chi connectivity index (χ1) is 13.7. The molecule has 4 rings (SSSR count). The van der Waals surface area contributed by atoms with Crippen LogP contribution in [0, 0.1) is 0 Å². The molecule has 2 bridgehead atoms. The summed E-state index contributed by atoms with van der Waals surface area (Å²) in [5.74, 6) is 0.899. The van der Waals surface area contributed by atoms with Gasteiger partial charge in [0.15, 0.2) is 0 Å². The van der Waals surface area contributed by atoms with Crippen molar-refractivity contribution >= 4 is 11.7 Å². The molecule has 2 amide bonds. The summed E-state index contributed by atoms with van der Waals surface area (Å²) in [7, 11) is 1.70. The Morgan fingerprint density at radius 2 is 1.71 bits per heavy atom. The Bertz CT molecular complexity index is 764. The third kappa shape index (κ3) is 4.47. The molecule has 2 aliphatic heterocycles. The highest BCUT2D eigenvalue weighted by atomic mass is 16.5. The Kier molecular flexibility index (Phi) is 5.81. The number of amides is 2. The number of ether oxygens (including phenoxy) is 1. The fourth-order valence-corrected chi connectivity index (χ4v) is 4.67. The molecule has 2 heterocycles. The largest absolute Gasteiger partial charge is 0.497 e. The summed E-state index contributed by atoms with van der Waals surface area (Å²) in [6, 6.07) is 19.2. The summed E-state index contributed by atoms with van der Waals surface area (Å²) in [4.78, 5) is 15.0. The van der Waals surface area contributed by atoms with Gasteiger partial charge in [0, 0.05) is 30.4 Å². The van der Waals surface area contributed by atoms with Gasteiger partial charge in [0.2, 0.25) is 0 Å². The summed E-state index contributed by atoms with van der Waals surface area (Å²) < 4.78 is 5.27. The lowest BCUT2D eigenvalue weighted by molar-refractivity contribution is 0.0200. The van der Waals surface area contributed by atoms with E-state index in [9.17, 15) is 4.79 Å². The van der Waals surface area contributed by atoms with Crippen LogP contribution in [-0.4, -0.2) is 36.2 Å². The Hall–Kier alpha value is -2.53. The van der Waals surface area contributed by atoms with Crippen molar-refractivity contribution in [2.24, 2.45) is 0 Å². The van der Waals surface area contributed by atoms with Gasteiger partial charge in [-0.05, 0) is 55.5 Å². The smallest absolute Gasteiger partial charge is 0.319 e. The Balaban J connectivity index is 1.35. The number of nitrogens with one attached hydrogen (secondary N) is 2. The minimum Gasteiger partial charge on any atom is -0.497 e. The van der Waals surface area contributed by atoms with Crippen LogP contribution in [0.25, 0.3) is 0 Å². The van der Waals surface area contributed by atoms with Gasteiger partial charge >= 0.3 is 6.03 Å². The monoisotopic (exact) mass is 379 g/mol. The number of piperidine rings is 2. The molecule has 5 nitrogen and oxygen atoms in total. The molecule has 2 unspecified atom stereocenters. The zero-order valence-electron chi connectivity index (χ0n) is 16.4. The zero-order valence-corrected chi connectivity index (χ0v) is 16.4. The number of nitrogens with zero attached hydrogens (tertiary/aromatic N) is 1. The van der Waals surface area contributed by atoms with Gasteiger partial charge in [0.25, 0.3) is 0 Å². The maximum absolute atomic E-state index is 12.4. The van der Waals surface area contributed by atoms with Gasteiger partial charge in [0.1, 0.15) is 5.75 Å². The highest BCUT2D eigenvalue weighted by Gasteiger charge is 2.38. The number of hydrogen-bond acceptors (Lipinski definition) is 3. The van der Waals surface area contributed by atoms with Gasteiger partial charge in [-0.15, -0.1) is 0 Å². The first kappa shape index (κ1) is 18.8. The molecule has 0 aromatic heterocycles. The van der Waals surface area contributed by atoms with Crippen LogP contribution < -0.4 is 15.4 Å². The average molecular weight is 380 g/mol. The summed E-state index contributed by atoms with van der Waals surface area (Å²) in [6.45, 7) is 0.974. The molecule has 2 aromatic rings. The summed E-state index contributed by atoms with van der Waals surface area (Å²) in [5, 5.41) is 6.14. The van der Waals surface area contributed by atoms with E-state index < -0.39 is 0 Å². The van der Waals surface area contributed by atoms with Crippen molar-refractivity contribution in [3.63, 3.8) is 0 Å². The van der Waals surface area contributed by atoms with E-state index in [0.717, 1.165) is 30.8 Å². The number of carbonyl (C=O) groups excluding carboxylic acids is 1. The molecule has 148 valence electrons. The van der Waals surface area contributed by atoms with Crippen LogP contribution >= 0.6 is 0 Å². The molecule has 0 saturated carbocycles. The van der Waals surface area contributed by atoms with Crippen LogP contribution in [0.15, 0.2) is 54.6 Å². The lowest BCUT2D eigenvalue weighted by Crippen LogP contribution is -2.56. The van der Waals surface area contributed by atoms with Gasteiger partial charge in [-0.1, -0.05) is 36.8 Å². The summed E-state index contributed by atoms with van der Waals surface area (Å²) in [5.41, 5.74) is 2.16. The number of urea groups is 1. The lowest BCUT2D eigenvalue weighted by Gasteiger charge is -2.49. The normalized spacial score (nSPS) is 24.4. The van der Waals surface area contributed by atoms with Crippen LogP contribution in [-0.2, 0) is 6.54 Å². The molecule has 0 radical (unpaired) electrons. The summed E-state index contributed by atoms with van der Waals surface area (Å²) in [6.07, 6.45) is 5.76. The number of fused-ring (bicyclic) bond motifs is 2. The van der Waals surface area contributed by atoms with E-state index in [1.165, 1.54) is 24.8 Å². The second-order valence-electron chi connectivity index (χ2n) is 7.89. The fraction of sp³-hybridized carbons (Fsp3) is 0.435. The molecular weight excluding hydrogens is 350 g/mol. The van der Waals surface area contributed by atoms with Crippen molar-refractivity contribution in [2.45, 2.75) is 56.8 Å². The van der Waals surface area contributed by atoms with Gasteiger partial charge in [-0.3, -0.25) is 4.90 Å². The minimum absolute atomic E-state index is 0.0992. The fourth-order valence-electron chi connectivity index (χ4n) is 4.67. The van der Waals surface area contributed by atoms with Crippen LogP contribution in [0.4, 0.5) is 10.5 Å². The van der Waals surface area contributed by atoms with E-state index in [2.05, 4.69) is 27.7 Å². The van der Waals surface area contributed by atoms with Gasteiger partial charge in [-0.25, -0.2) is 4.79 Å². The van der Waals surface area contributed by atoms with E-state index in [-0.39, 0.29) is 12.1 Å². The third-order valence-electron chi connectivity index (χ3n) is 6.02. The number of carbonyl (C=O) groups is 1. The van der Waals surface area contributed by atoms with E-state index in [4.69, 9.17) is 4.74 Å². The number of methoxy groups -OCH3 is 1. The van der Waals surface area contributed by atoms with Crippen molar-refractivity contribution < 1.29 is 9.53 Å². The van der Waals surface area contributed by atoms with Crippen molar-refractivity contribution in [1.29, 1.82) is 0 Å². The maximum Gasteiger partial charge on any atom is 0.319 e. The lowest BCUT2D eigenvalue weighted by atomic mass is 9.81. The highest BCUT2D eigenvalue weighted by molar-refractivity contribution is 5.89. The van der Waals surface area contributed by atoms with Crippen LogP contribution in [0.2, 0.25) is 0 Å². The first-order valence-corrected chi connectivity index (χ1v) is 10.2. The molecule has 2 atom stereocenters. The molecule has 2 fully saturated rings. The van der Waals surface area contributed by atoms with Crippen LogP contribution in [0.3, 0.4) is 0 Å². The Labute approximate surface area is 167 Å². The number of rotatable bonds is 5. The first-order valence-electron chi connectivity index (χ1n) is 10.2. The molecule has 2 saturated heterocycles. The number of benzene rings is 2. The SMILES string of the molecule is COc1ccc(CN2C3CCCC2CC(NC(=O)Nc2ccccc2)C3)cc1. The molecule has 0 spiro atoms. The van der Waals surface area contributed by atoms with Crippen molar-refractivity contribution in [1.82, 2.24) is 10.2 Å². The molecule has 2 N–H and O–H groups in total. The predicted octanol–water partition coefficient (Wildman–Crippen LogP) is 4.40. The van der Waals surface area contributed by atoms with Crippen LogP contribution in [0.1, 0.15) is 37.7 Å². The number of anilines is 1. The maximum atomic E-state index is 12.4. The highest BCUT2D eigenvalue weighted by Crippen LogP contribution is 2.35. The van der Waals surface area contributed by atoms with Gasteiger partial charge in [-0.2, -0.15) is 0 Å². The zero-order chi connectivity index (χ0) is 19.3. The average Bonchev–Trinajstić information content (AvgIpc) is 2.70. The van der Waals surface area contributed by atoms with E-state index in [1.54, 1.807) is 7.11 Å². The Morgan fingerprint density at radius 1 is 1.04 bits per heavy atom. The molecule has 5 heteroatoms. The molecule has 2 aliphatic rings. The minimum atomic E-state index is -0.0992. The molecule has 0 aliphatic carbocycles. The van der Waals surface area contributed by atoms with Crippen molar-refractivity contribution in [3.05, 3.63) is 60.2 Å². The van der Waals surface area contributed by atoms with E-state index >= 15 is 0 Å². The van der Waals surface area contributed by atoms with Gasteiger partial charge < -0.3 is 15.4 Å². The molecule has 2 aromatic carbocycles. The van der Waals surface area contributed by atoms with Crippen molar-refractivity contribution in [3.8, 4) is 5.75 Å². The van der Waals surface area contributed by atoms with Crippen molar-refractivity contribution in [2.75, 3.05) is 12.4 Å². The standard InChI is InChI=1S/C23H29N3O2/c1-28-22-12-10-17(11-13-22)16-26-20-8-5-9-21(26)15-19(14-20)25-23(27)24-18-6-3-2-4-7-18/h2-4,6-7,10-13,19-21H,5,8-9,14-16H2,1H3,(H2,24,25,27). The topological polar surface area (TPSA) is 53.6 Å². The van der Waals surface area contributed by atoms with Gasteiger partial charge in [0.05, 0.1) is 7.11 Å². The second-order valence-corrected chi connectivity index (χ2v) is 7.89. The Morgan fingerprint density at radius 3 is 2.36 bits per heavy atom.